The fourth-order valence-corrected chi connectivity index (χ4v) is 1.25. The number of nitrogens with one attached hydrogen (secondary N) is 1. The molecule has 1 amide bonds. The van der Waals surface area contributed by atoms with Crippen LogP contribution in [0.15, 0.2) is 30.3 Å². The number of para-hydroxylation sites is 1. The van der Waals surface area contributed by atoms with Crippen LogP contribution in [-0.4, -0.2) is 19.1 Å². The van der Waals surface area contributed by atoms with Crippen molar-refractivity contribution in [3.63, 3.8) is 0 Å². The highest BCUT2D eigenvalue weighted by Crippen LogP contribution is 2.12. The van der Waals surface area contributed by atoms with Crippen molar-refractivity contribution in [3.8, 4) is 11.8 Å². The summed E-state index contributed by atoms with van der Waals surface area (Å²) in [4.78, 5) is 11.6. The molecule has 1 N–H and O–H groups in total. The Balaban J connectivity index is 2.17. The average molecular weight is 246 g/mol. The quantitative estimate of drug-likeness (QED) is 0.782. The number of amides is 1. The van der Waals surface area contributed by atoms with Crippen LogP contribution < -0.4 is 10.1 Å². The zero-order chi connectivity index (χ0) is 13.4. The van der Waals surface area contributed by atoms with E-state index in [0.29, 0.717) is 19.6 Å². The molecule has 0 heterocycles. The second kappa shape index (κ2) is 6.65. The number of ether oxygens (including phenoxy) is 1. The maximum atomic E-state index is 11.6. The van der Waals surface area contributed by atoms with Gasteiger partial charge in [-0.25, -0.2) is 0 Å². The lowest BCUT2D eigenvalue weighted by molar-refractivity contribution is -0.126. The Morgan fingerprint density at radius 3 is 2.67 bits per heavy atom. The second-order valence-corrected chi connectivity index (χ2v) is 4.51. The molecule has 0 atom stereocenters. The van der Waals surface area contributed by atoms with E-state index < -0.39 is 5.41 Å². The molecule has 0 fully saturated rings. The van der Waals surface area contributed by atoms with E-state index in [1.165, 1.54) is 0 Å². The van der Waals surface area contributed by atoms with Crippen molar-refractivity contribution < 1.29 is 9.53 Å². The fraction of sp³-hybridized carbons (Fsp3) is 0.429. The van der Waals surface area contributed by atoms with Crippen molar-refractivity contribution in [1.29, 1.82) is 5.26 Å². The van der Waals surface area contributed by atoms with Crippen LogP contribution >= 0.6 is 0 Å². The fourth-order valence-electron chi connectivity index (χ4n) is 1.25. The molecule has 0 aliphatic rings. The average Bonchev–Trinajstić information content (AvgIpc) is 2.39. The van der Waals surface area contributed by atoms with E-state index in [9.17, 15) is 4.79 Å². The molecule has 0 aromatic heterocycles. The summed E-state index contributed by atoms with van der Waals surface area (Å²) in [5.41, 5.74) is -0.972. The lowest BCUT2D eigenvalue weighted by Crippen LogP contribution is -2.36. The van der Waals surface area contributed by atoms with E-state index in [-0.39, 0.29) is 5.91 Å². The molecular formula is C14H18N2O2. The number of nitrogens with zero attached hydrogens (tertiary/aromatic N) is 1. The third kappa shape index (κ3) is 4.46. The van der Waals surface area contributed by atoms with Crippen LogP contribution in [0.25, 0.3) is 0 Å². The van der Waals surface area contributed by atoms with Crippen LogP contribution in [0, 0.1) is 16.7 Å². The molecule has 96 valence electrons. The van der Waals surface area contributed by atoms with E-state index >= 15 is 0 Å². The molecule has 0 saturated heterocycles. The van der Waals surface area contributed by atoms with Gasteiger partial charge in [0.2, 0.25) is 5.91 Å². The maximum Gasteiger partial charge on any atom is 0.239 e. The van der Waals surface area contributed by atoms with E-state index in [1.807, 2.05) is 36.4 Å². The Labute approximate surface area is 108 Å². The number of rotatable bonds is 6. The Bertz CT molecular complexity index is 421. The third-order valence-electron chi connectivity index (χ3n) is 2.47. The highest BCUT2D eigenvalue weighted by molar-refractivity contribution is 5.84. The molecule has 1 aromatic carbocycles. The van der Waals surface area contributed by atoms with Crippen LogP contribution in [0.1, 0.15) is 20.3 Å². The molecule has 0 saturated carbocycles. The van der Waals surface area contributed by atoms with Crippen molar-refractivity contribution >= 4 is 5.91 Å². The predicted octanol–water partition coefficient (Wildman–Crippen LogP) is 2.12. The zero-order valence-electron chi connectivity index (χ0n) is 10.8. The molecule has 4 heteroatoms. The van der Waals surface area contributed by atoms with Crippen molar-refractivity contribution in [2.24, 2.45) is 5.41 Å². The van der Waals surface area contributed by atoms with Gasteiger partial charge in [-0.3, -0.25) is 4.79 Å². The van der Waals surface area contributed by atoms with Crippen molar-refractivity contribution in [1.82, 2.24) is 5.32 Å². The van der Waals surface area contributed by atoms with Gasteiger partial charge in [-0.1, -0.05) is 18.2 Å². The molecule has 1 aromatic rings. The second-order valence-electron chi connectivity index (χ2n) is 4.51. The monoisotopic (exact) mass is 246 g/mol. The van der Waals surface area contributed by atoms with Gasteiger partial charge in [0, 0.05) is 6.54 Å². The maximum absolute atomic E-state index is 11.6. The summed E-state index contributed by atoms with van der Waals surface area (Å²) in [7, 11) is 0. The first-order valence-electron chi connectivity index (χ1n) is 5.93. The number of carbonyl (C=O) groups excluding carboxylic acids is 1. The standard InChI is InChI=1S/C14H18N2O2/c1-14(2,11-15)13(17)16-9-6-10-18-12-7-4-3-5-8-12/h3-5,7-8H,6,9-10H2,1-2H3,(H,16,17). The van der Waals surface area contributed by atoms with Gasteiger partial charge in [0.15, 0.2) is 0 Å². The highest BCUT2D eigenvalue weighted by atomic mass is 16.5. The third-order valence-corrected chi connectivity index (χ3v) is 2.47. The van der Waals surface area contributed by atoms with Crippen LogP contribution in [0.5, 0.6) is 5.75 Å². The zero-order valence-corrected chi connectivity index (χ0v) is 10.8. The van der Waals surface area contributed by atoms with Crippen molar-refractivity contribution in [3.05, 3.63) is 30.3 Å². The molecule has 0 bridgehead atoms. The molecule has 1 rings (SSSR count). The van der Waals surface area contributed by atoms with E-state index in [2.05, 4.69) is 5.32 Å². The number of carbonyl (C=O) groups is 1. The first kappa shape index (κ1) is 14.0. The van der Waals surface area contributed by atoms with Gasteiger partial charge in [-0.15, -0.1) is 0 Å². The molecular weight excluding hydrogens is 228 g/mol. The Kier molecular flexibility index (Phi) is 5.19. The Hall–Kier alpha value is -2.02. The summed E-state index contributed by atoms with van der Waals surface area (Å²) in [6, 6.07) is 11.5. The predicted molar refractivity (Wildman–Crippen MR) is 69.0 cm³/mol. The highest BCUT2D eigenvalue weighted by Gasteiger charge is 2.26. The van der Waals surface area contributed by atoms with Crippen LogP contribution in [0.3, 0.4) is 0 Å². The summed E-state index contributed by atoms with van der Waals surface area (Å²) in [5, 5.41) is 11.5. The van der Waals surface area contributed by atoms with Crippen LogP contribution in [0.4, 0.5) is 0 Å². The molecule has 0 radical (unpaired) electrons. The lowest BCUT2D eigenvalue weighted by Gasteiger charge is -2.14. The first-order valence-corrected chi connectivity index (χ1v) is 5.93. The Morgan fingerprint density at radius 2 is 2.06 bits per heavy atom. The lowest BCUT2D eigenvalue weighted by atomic mass is 9.95. The largest absolute Gasteiger partial charge is 0.494 e. The summed E-state index contributed by atoms with van der Waals surface area (Å²) in [6.07, 6.45) is 0.710. The molecule has 0 unspecified atom stereocenters. The summed E-state index contributed by atoms with van der Waals surface area (Å²) in [5.74, 6) is 0.575. The van der Waals surface area contributed by atoms with E-state index in [1.54, 1.807) is 13.8 Å². The molecule has 0 spiro atoms. The van der Waals surface area contributed by atoms with Gasteiger partial charge < -0.3 is 10.1 Å². The first-order chi connectivity index (χ1) is 8.56. The minimum atomic E-state index is -0.972. The molecule has 0 aliphatic carbocycles. The van der Waals surface area contributed by atoms with Gasteiger partial charge in [0.05, 0.1) is 12.7 Å². The number of hydrogen-bond donors (Lipinski definition) is 1. The Morgan fingerprint density at radius 1 is 1.39 bits per heavy atom. The number of benzene rings is 1. The van der Waals surface area contributed by atoms with E-state index in [4.69, 9.17) is 10.00 Å². The van der Waals surface area contributed by atoms with E-state index in [0.717, 1.165) is 5.75 Å². The molecule has 18 heavy (non-hydrogen) atoms. The van der Waals surface area contributed by atoms with Crippen LogP contribution in [-0.2, 0) is 4.79 Å². The van der Waals surface area contributed by atoms with Gasteiger partial charge in [-0.2, -0.15) is 5.26 Å². The summed E-state index contributed by atoms with van der Waals surface area (Å²) >= 11 is 0. The minimum Gasteiger partial charge on any atom is -0.494 e. The topological polar surface area (TPSA) is 62.1 Å². The van der Waals surface area contributed by atoms with Crippen molar-refractivity contribution in [2.75, 3.05) is 13.2 Å². The molecule has 0 aliphatic heterocycles. The normalized spacial score (nSPS) is 10.5. The van der Waals surface area contributed by atoms with Crippen molar-refractivity contribution in [2.45, 2.75) is 20.3 Å². The minimum absolute atomic E-state index is 0.246. The molecule has 4 nitrogen and oxygen atoms in total. The van der Waals surface area contributed by atoms with Gasteiger partial charge in [0.25, 0.3) is 0 Å². The summed E-state index contributed by atoms with van der Waals surface area (Å²) < 4.78 is 5.48. The summed E-state index contributed by atoms with van der Waals surface area (Å²) in [6.45, 7) is 4.25. The van der Waals surface area contributed by atoms with Gasteiger partial charge in [-0.05, 0) is 32.4 Å². The SMILES string of the molecule is CC(C)(C#N)C(=O)NCCCOc1ccccc1. The van der Waals surface area contributed by atoms with Gasteiger partial charge >= 0.3 is 0 Å². The van der Waals surface area contributed by atoms with Gasteiger partial charge in [0.1, 0.15) is 11.2 Å². The smallest absolute Gasteiger partial charge is 0.239 e. The number of hydrogen-bond acceptors (Lipinski definition) is 3. The number of nitriles is 1. The van der Waals surface area contributed by atoms with Crippen LogP contribution in [0.2, 0.25) is 0 Å².